The zero-order valence-electron chi connectivity index (χ0n) is 17.3. The Kier molecular flexibility index (Phi) is 7.90. The van der Waals surface area contributed by atoms with Gasteiger partial charge >= 0.3 is 0 Å². The fraction of sp³-hybridized carbons (Fsp3) is 0.381. The van der Waals surface area contributed by atoms with Crippen molar-refractivity contribution in [3.05, 3.63) is 54.6 Å². The Labute approximate surface area is 173 Å². The number of hydrogen-bond acceptors (Lipinski definition) is 5. The van der Waals surface area contributed by atoms with E-state index in [1.165, 1.54) is 11.4 Å². The molecular formula is C21H29N3O4S. The average molecular weight is 420 g/mol. The smallest absolute Gasteiger partial charge is 0.260 e. The van der Waals surface area contributed by atoms with Crippen LogP contribution in [0.5, 0.6) is 5.75 Å². The first-order valence-corrected chi connectivity index (χ1v) is 11.3. The number of anilines is 2. The van der Waals surface area contributed by atoms with Gasteiger partial charge in [0.05, 0.1) is 11.9 Å². The number of amides is 1. The minimum Gasteiger partial charge on any atom is -0.481 e. The third-order valence-corrected chi connectivity index (χ3v) is 5.75. The number of carbonyl (C=O) groups excluding carboxylic acids is 1. The van der Waals surface area contributed by atoms with Crippen molar-refractivity contribution in [2.24, 2.45) is 0 Å². The monoisotopic (exact) mass is 419 g/mol. The van der Waals surface area contributed by atoms with Crippen LogP contribution in [0.2, 0.25) is 0 Å². The first kappa shape index (κ1) is 22.5. The second kappa shape index (κ2) is 10.2. The van der Waals surface area contributed by atoms with Crippen LogP contribution in [-0.4, -0.2) is 53.9 Å². The van der Waals surface area contributed by atoms with Gasteiger partial charge in [-0.05, 0) is 49.7 Å². The van der Waals surface area contributed by atoms with Crippen molar-refractivity contribution in [2.45, 2.75) is 19.4 Å². The van der Waals surface area contributed by atoms with Crippen LogP contribution < -0.4 is 19.3 Å². The fourth-order valence-corrected chi connectivity index (χ4v) is 3.17. The van der Waals surface area contributed by atoms with Crippen LogP contribution in [0.4, 0.5) is 11.4 Å². The second-order valence-electron chi connectivity index (χ2n) is 6.89. The Morgan fingerprint density at radius 1 is 1.03 bits per heavy atom. The van der Waals surface area contributed by atoms with Gasteiger partial charge in [0, 0.05) is 32.9 Å². The van der Waals surface area contributed by atoms with Crippen molar-refractivity contribution in [1.82, 2.24) is 5.32 Å². The second-order valence-corrected chi connectivity index (χ2v) is 8.90. The normalized spacial score (nSPS) is 12.1. The molecule has 0 radical (unpaired) electrons. The topological polar surface area (TPSA) is 78.9 Å². The van der Waals surface area contributed by atoms with Gasteiger partial charge in [-0.1, -0.05) is 18.2 Å². The SMILES string of the molecule is CC(Oc1ccc(N(C)S(C)(=O)=O)cc1)C(=O)NCCCN(C)c1ccccc1. The van der Waals surface area contributed by atoms with E-state index in [1.807, 2.05) is 37.4 Å². The molecule has 158 valence electrons. The van der Waals surface area contributed by atoms with E-state index < -0.39 is 16.1 Å². The van der Waals surface area contributed by atoms with Crippen molar-refractivity contribution >= 4 is 27.3 Å². The van der Waals surface area contributed by atoms with Crippen LogP contribution in [0.25, 0.3) is 0 Å². The standard InChI is InChI=1S/C21H29N3O4S/c1-17(28-20-13-11-19(12-14-20)24(3)29(4,26)27)21(25)22-15-8-16-23(2)18-9-6-5-7-10-18/h5-7,9-14,17H,8,15-16H2,1-4H3,(H,22,25). The van der Waals surface area contributed by atoms with Crippen LogP contribution in [-0.2, 0) is 14.8 Å². The number of hydrogen-bond donors (Lipinski definition) is 1. The summed E-state index contributed by atoms with van der Waals surface area (Å²) in [7, 11) is 0.187. The predicted molar refractivity (Wildman–Crippen MR) is 117 cm³/mol. The molecule has 8 heteroatoms. The van der Waals surface area contributed by atoms with E-state index in [2.05, 4.69) is 10.2 Å². The van der Waals surface area contributed by atoms with Gasteiger partial charge in [0.1, 0.15) is 5.75 Å². The molecule has 2 aromatic carbocycles. The molecule has 1 amide bonds. The molecule has 2 rings (SSSR count). The van der Waals surface area contributed by atoms with Gasteiger partial charge in [0.2, 0.25) is 10.0 Å². The van der Waals surface area contributed by atoms with Crippen LogP contribution in [0.3, 0.4) is 0 Å². The van der Waals surface area contributed by atoms with E-state index >= 15 is 0 Å². The molecule has 0 aromatic heterocycles. The molecule has 0 saturated carbocycles. The summed E-state index contributed by atoms with van der Waals surface area (Å²) in [6, 6.07) is 16.7. The van der Waals surface area contributed by atoms with Crippen LogP contribution in [0.15, 0.2) is 54.6 Å². The van der Waals surface area contributed by atoms with Gasteiger partial charge in [0.15, 0.2) is 6.10 Å². The number of sulfonamides is 1. The molecule has 1 atom stereocenters. The summed E-state index contributed by atoms with van der Waals surface area (Å²) >= 11 is 0. The zero-order valence-corrected chi connectivity index (χ0v) is 18.1. The molecule has 0 heterocycles. The van der Waals surface area contributed by atoms with Crippen molar-refractivity contribution < 1.29 is 17.9 Å². The molecule has 0 aliphatic rings. The minimum absolute atomic E-state index is 0.190. The highest BCUT2D eigenvalue weighted by Crippen LogP contribution is 2.21. The van der Waals surface area contributed by atoms with E-state index in [0.29, 0.717) is 18.0 Å². The number of carbonyl (C=O) groups is 1. The van der Waals surface area contributed by atoms with Crippen molar-refractivity contribution in [3.8, 4) is 5.75 Å². The van der Waals surface area contributed by atoms with Gasteiger partial charge in [-0.15, -0.1) is 0 Å². The Morgan fingerprint density at radius 2 is 1.66 bits per heavy atom. The number of ether oxygens (including phenoxy) is 1. The Hall–Kier alpha value is -2.74. The summed E-state index contributed by atoms with van der Waals surface area (Å²) in [6.07, 6.45) is 1.30. The lowest BCUT2D eigenvalue weighted by atomic mass is 10.2. The van der Waals surface area contributed by atoms with Crippen LogP contribution in [0.1, 0.15) is 13.3 Å². The molecular weight excluding hydrogens is 390 g/mol. The van der Waals surface area contributed by atoms with Crippen LogP contribution >= 0.6 is 0 Å². The molecule has 1 unspecified atom stereocenters. The molecule has 0 spiro atoms. The molecule has 1 N–H and O–H groups in total. The maximum absolute atomic E-state index is 12.2. The van der Waals surface area contributed by atoms with Crippen molar-refractivity contribution in [1.29, 1.82) is 0 Å². The summed E-state index contributed by atoms with van der Waals surface area (Å²) < 4.78 is 30.0. The van der Waals surface area contributed by atoms with E-state index in [-0.39, 0.29) is 5.91 Å². The third-order valence-electron chi connectivity index (χ3n) is 4.55. The molecule has 7 nitrogen and oxygen atoms in total. The number of nitrogens with zero attached hydrogens (tertiary/aromatic N) is 2. The Balaban J connectivity index is 1.76. The Bertz CT molecular complexity index is 886. The van der Waals surface area contributed by atoms with Crippen molar-refractivity contribution in [3.63, 3.8) is 0 Å². The van der Waals surface area contributed by atoms with Gasteiger partial charge < -0.3 is 15.0 Å². The van der Waals surface area contributed by atoms with Gasteiger partial charge in [-0.25, -0.2) is 8.42 Å². The highest BCUT2D eigenvalue weighted by Gasteiger charge is 2.15. The summed E-state index contributed by atoms with van der Waals surface area (Å²) in [5.74, 6) is 0.312. The largest absolute Gasteiger partial charge is 0.481 e. The molecule has 0 aliphatic heterocycles. The first-order chi connectivity index (χ1) is 13.7. The molecule has 0 saturated heterocycles. The third kappa shape index (κ3) is 6.98. The average Bonchev–Trinajstić information content (AvgIpc) is 2.70. The first-order valence-electron chi connectivity index (χ1n) is 9.43. The van der Waals surface area contributed by atoms with Crippen molar-refractivity contribution in [2.75, 3.05) is 42.6 Å². The van der Waals surface area contributed by atoms with E-state index in [0.717, 1.165) is 24.9 Å². The lowest BCUT2D eigenvalue weighted by molar-refractivity contribution is -0.127. The van der Waals surface area contributed by atoms with E-state index in [9.17, 15) is 13.2 Å². The quantitative estimate of drug-likeness (QED) is 0.599. The highest BCUT2D eigenvalue weighted by molar-refractivity contribution is 7.92. The molecule has 29 heavy (non-hydrogen) atoms. The summed E-state index contributed by atoms with van der Waals surface area (Å²) in [4.78, 5) is 14.4. The zero-order chi connectivity index (χ0) is 21.4. The van der Waals surface area contributed by atoms with E-state index in [4.69, 9.17) is 4.74 Å². The molecule has 0 aliphatic carbocycles. The Morgan fingerprint density at radius 3 is 2.24 bits per heavy atom. The number of para-hydroxylation sites is 1. The van der Waals surface area contributed by atoms with Gasteiger partial charge in [-0.3, -0.25) is 9.10 Å². The maximum Gasteiger partial charge on any atom is 0.260 e. The van der Waals surface area contributed by atoms with Gasteiger partial charge in [-0.2, -0.15) is 0 Å². The lowest BCUT2D eigenvalue weighted by Gasteiger charge is -2.20. The summed E-state index contributed by atoms with van der Waals surface area (Å²) in [5, 5.41) is 2.88. The minimum atomic E-state index is -3.32. The number of rotatable bonds is 10. The van der Waals surface area contributed by atoms with Gasteiger partial charge in [0.25, 0.3) is 5.91 Å². The number of benzene rings is 2. The number of nitrogens with one attached hydrogen (secondary N) is 1. The molecule has 2 aromatic rings. The highest BCUT2D eigenvalue weighted by atomic mass is 32.2. The summed E-state index contributed by atoms with van der Waals surface area (Å²) in [6.45, 7) is 3.07. The van der Waals surface area contributed by atoms with Crippen LogP contribution in [0, 0.1) is 0 Å². The fourth-order valence-electron chi connectivity index (χ4n) is 2.67. The summed E-state index contributed by atoms with van der Waals surface area (Å²) in [5.41, 5.74) is 1.67. The predicted octanol–water partition coefficient (Wildman–Crippen LogP) is 2.49. The molecule has 0 bridgehead atoms. The maximum atomic E-state index is 12.2. The van der Waals surface area contributed by atoms with E-state index in [1.54, 1.807) is 31.2 Å². The molecule has 0 fully saturated rings. The lowest BCUT2D eigenvalue weighted by Crippen LogP contribution is -2.37.